The Hall–Kier alpha value is -1.96. The van der Waals surface area contributed by atoms with Crippen molar-refractivity contribution in [1.29, 1.82) is 0 Å². The van der Waals surface area contributed by atoms with Crippen molar-refractivity contribution >= 4 is 28.6 Å². The number of aromatic nitrogens is 1. The molecule has 1 heterocycles. The van der Waals surface area contributed by atoms with Gasteiger partial charge in [0.25, 0.3) is 0 Å². The topological polar surface area (TPSA) is 17.3 Å². The minimum atomic E-state index is -2.24. The first-order chi connectivity index (χ1) is 10.7. The summed E-state index contributed by atoms with van der Waals surface area (Å²) in [7, 11) is 1.99. The monoisotopic (exact) mass is 324 g/mol. The molecule has 0 amide bonds. The number of nitrogens with zero attached hydrogens (tertiary/aromatic N) is 2. The maximum atomic E-state index is 6.11. The molecule has 0 saturated carbocycles. The fraction of sp³-hybridized carbons (Fsp3) is 0.0556. The molecule has 0 radical (unpaired) electrons. The lowest BCUT2D eigenvalue weighted by atomic mass is 10.4. The predicted octanol–water partition coefficient (Wildman–Crippen LogP) is 2.97. The van der Waals surface area contributed by atoms with E-state index in [4.69, 9.17) is 16.6 Å². The summed E-state index contributed by atoms with van der Waals surface area (Å²) in [4.78, 5) is 0. The van der Waals surface area contributed by atoms with E-state index < -0.39 is 6.19 Å². The number of hydrogen-bond acceptors (Lipinski definition) is 1. The normalized spacial score (nSPS) is 12.3. The van der Waals surface area contributed by atoms with Gasteiger partial charge in [-0.3, -0.25) is 0 Å². The Kier molecular flexibility index (Phi) is 4.37. The SMILES string of the molecule is Cn1cccc/c1=N\P(=S)(c1ccccc1)c1ccccc1. The molecule has 0 atom stereocenters. The van der Waals surface area contributed by atoms with Gasteiger partial charge in [0.05, 0.1) is 0 Å². The highest BCUT2D eigenvalue weighted by Gasteiger charge is 2.20. The fourth-order valence-corrected chi connectivity index (χ4v) is 5.45. The van der Waals surface area contributed by atoms with Gasteiger partial charge in [-0.1, -0.05) is 78.5 Å². The second-order valence-electron chi connectivity index (χ2n) is 5.02. The van der Waals surface area contributed by atoms with E-state index in [0.717, 1.165) is 16.1 Å². The van der Waals surface area contributed by atoms with Gasteiger partial charge in [0.2, 0.25) is 0 Å². The first-order valence-corrected chi connectivity index (χ1v) is 9.85. The van der Waals surface area contributed by atoms with Crippen LogP contribution in [0.1, 0.15) is 0 Å². The molecule has 0 spiro atoms. The molecule has 0 aliphatic rings. The Morgan fingerprint density at radius 1 is 0.773 bits per heavy atom. The van der Waals surface area contributed by atoms with Gasteiger partial charge in [-0.25, -0.2) is 4.76 Å². The molecule has 0 saturated heterocycles. The Balaban J connectivity index is 2.28. The molecule has 0 aliphatic heterocycles. The van der Waals surface area contributed by atoms with Crippen molar-refractivity contribution < 1.29 is 0 Å². The van der Waals surface area contributed by atoms with Crippen molar-refractivity contribution in [1.82, 2.24) is 4.57 Å². The highest BCUT2D eigenvalue weighted by Crippen LogP contribution is 2.44. The summed E-state index contributed by atoms with van der Waals surface area (Å²) < 4.78 is 7.03. The smallest absolute Gasteiger partial charge is 0.132 e. The van der Waals surface area contributed by atoms with Crippen LogP contribution in [0.15, 0.2) is 89.8 Å². The van der Waals surface area contributed by atoms with Crippen molar-refractivity contribution in [2.45, 2.75) is 0 Å². The second kappa shape index (κ2) is 6.43. The van der Waals surface area contributed by atoms with Gasteiger partial charge < -0.3 is 4.57 Å². The van der Waals surface area contributed by atoms with E-state index in [1.165, 1.54) is 0 Å². The van der Waals surface area contributed by atoms with Crippen molar-refractivity contribution in [2.24, 2.45) is 11.8 Å². The Morgan fingerprint density at radius 2 is 1.27 bits per heavy atom. The summed E-state index contributed by atoms with van der Waals surface area (Å²) in [5.41, 5.74) is 0.901. The lowest BCUT2D eigenvalue weighted by molar-refractivity contribution is 0.842. The van der Waals surface area contributed by atoms with E-state index in [2.05, 4.69) is 24.3 Å². The Morgan fingerprint density at radius 3 is 1.77 bits per heavy atom. The van der Waals surface area contributed by atoms with E-state index >= 15 is 0 Å². The van der Waals surface area contributed by atoms with Crippen LogP contribution in [0.2, 0.25) is 0 Å². The molecule has 4 heteroatoms. The molecule has 110 valence electrons. The van der Waals surface area contributed by atoms with E-state index in [1.54, 1.807) is 0 Å². The molecule has 1 aromatic heterocycles. The molecule has 0 N–H and O–H groups in total. The first-order valence-electron chi connectivity index (χ1n) is 7.09. The van der Waals surface area contributed by atoms with Crippen molar-refractivity contribution in [3.05, 3.63) is 90.5 Å². The number of rotatable bonds is 3. The van der Waals surface area contributed by atoms with Gasteiger partial charge in [0.1, 0.15) is 11.7 Å². The molecule has 2 nitrogen and oxygen atoms in total. The number of pyridine rings is 1. The largest absolute Gasteiger partial charge is 0.336 e. The summed E-state index contributed by atoms with van der Waals surface area (Å²) in [5, 5.41) is 2.22. The molecule has 3 rings (SSSR count). The molecule has 3 aromatic rings. The summed E-state index contributed by atoms with van der Waals surface area (Å²) in [5.74, 6) is 0. The van der Waals surface area contributed by atoms with Gasteiger partial charge in [0, 0.05) is 23.9 Å². The summed E-state index contributed by atoms with van der Waals surface area (Å²) in [6.07, 6.45) is -0.241. The zero-order chi connectivity index (χ0) is 15.4. The van der Waals surface area contributed by atoms with Gasteiger partial charge in [-0.2, -0.15) is 0 Å². The number of hydrogen-bond donors (Lipinski definition) is 0. The van der Waals surface area contributed by atoms with Crippen molar-refractivity contribution in [3.8, 4) is 0 Å². The van der Waals surface area contributed by atoms with Crippen LogP contribution in [0.4, 0.5) is 0 Å². The Labute approximate surface area is 135 Å². The van der Waals surface area contributed by atoms with Crippen LogP contribution in [0.5, 0.6) is 0 Å². The second-order valence-corrected chi connectivity index (χ2v) is 8.99. The van der Waals surface area contributed by atoms with E-state index in [0.29, 0.717) is 0 Å². The Bertz CT molecular complexity index is 827. The van der Waals surface area contributed by atoms with E-state index in [-0.39, 0.29) is 0 Å². The van der Waals surface area contributed by atoms with Gasteiger partial charge >= 0.3 is 0 Å². The minimum Gasteiger partial charge on any atom is -0.336 e. The molecular formula is C18H17N2PS. The van der Waals surface area contributed by atoms with Gasteiger partial charge in [-0.15, -0.1) is 0 Å². The van der Waals surface area contributed by atoms with Crippen LogP contribution < -0.4 is 16.1 Å². The zero-order valence-corrected chi connectivity index (χ0v) is 14.0. The van der Waals surface area contributed by atoms with Gasteiger partial charge in [-0.05, 0) is 12.1 Å². The highest BCUT2D eigenvalue weighted by molar-refractivity contribution is 8.21. The van der Waals surface area contributed by atoms with Crippen molar-refractivity contribution in [2.75, 3.05) is 0 Å². The lowest BCUT2D eigenvalue weighted by Gasteiger charge is -2.18. The average molecular weight is 324 g/mol. The molecular weight excluding hydrogens is 307 g/mol. The summed E-state index contributed by atoms with van der Waals surface area (Å²) >= 11 is 6.11. The van der Waals surface area contributed by atoms with Crippen LogP contribution in [-0.4, -0.2) is 4.57 Å². The van der Waals surface area contributed by atoms with Crippen LogP contribution in [0, 0.1) is 0 Å². The highest BCUT2D eigenvalue weighted by atomic mass is 32.4. The molecule has 0 bridgehead atoms. The quantitative estimate of drug-likeness (QED) is 0.677. The van der Waals surface area contributed by atoms with Crippen LogP contribution in [-0.2, 0) is 18.9 Å². The van der Waals surface area contributed by atoms with Crippen molar-refractivity contribution in [3.63, 3.8) is 0 Å². The number of benzene rings is 2. The molecule has 0 unspecified atom stereocenters. The molecule has 0 aliphatic carbocycles. The first kappa shape index (κ1) is 15.0. The third-order valence-corrected chi connectivity index (χ3v) is 7.48. The maximum Gasteiger partial charge on any atom is 0.132 e. The molecule has 2 aromatic carbocycles. The maximum absolute atomic E-state index is 6.11. The van der Waals surface area contributed by atoms with Crippen LogP contribution in [0.25, 0.3) is 0 Å². The third kappa shape index (κ3) is 2.96. The van der Waals surface area contributed by atoms with Gasteiger partial charge in [0.15, 0.2) is 0 Å². The average Bonchev–Trinajstić information content (AvgIpc) is 2.58. The molecule has 22 heavy (non-hydrogen) atoms. The van der Waals surface area contributed by atoms with Crippen LogP contribution >= 0.6 is 6.19 Å². The lowest BCUT2D eigenvalue weighted by Crippen LogP contribution is -2.21. The summed E-state index contributed by atoms with van der Waals surface area (Å²) in [6, 6.07) is 26.5. The standard InChI is InChI=1S/C18H17N2PS/c1-20-15-9-8-14-18(20)19-21(22,16-10-4-2-5-11-16)17-12-6-3-7-13-17/h2-15H,1H3/b19-18+. The minimum absolute atomic E-state index is 0.901. The molecule has 0 fully saturated rings. The fourth-order valence-electron chi connectivity index (χ4n) is 2.29. The summed E-state index contributed by atoms with van der Waals surface area (Å²) in [6.45, 7) is 0. The third-order valence-electron chi connectivity index (χ3n) is 3.48. The number of aryl methyl sites for hydroxylation is 1. The van der Waals surface area contributed by atoms with Crippen LogP contribution in [0.3, 0.4) is 0 Å². The van der Waals surface area contributed by atoms with E-state index in [9.17, 15) is 0 Å². The zero-order valence-electron chi connectivity index (χ0n) is 12.3. The van der Waals surface area contributed by atoms with E-state index in [1.807, 2.05) is 72.4 Å². The predicted molar refractivity (Wildman–Crippen MR) is 97.4 cm³/mol.